The van der Waals surface area contributed by atoms with Gasteiger partial charge in [0.25, 0.3) is 0 Å². The number of para-hydroxylation sites is 2. The van der Waals surface area contributed by atoms with Gasteiger partial charge in [0.2, 0.25) is 5.71 Å². The fraction of sp³-hybridized carbons (Fsp3) is 0.230. The molecule has 0 aliphatic carbocycles. The quantitative estimate of drug-likeness (QED) is 0.101. The average Bonchev–Trinajstić information content (AvgIpc) is 3.89. The topological polar surface area (TPSA) is 56.7 Å². The van der Waals surface area contributed by atoms with E-state index in [0.717, 1.165) is 62.1 Å². The van der Waals surface area contributed by atoms with E-state index in [-0.39, 0.29) is 20.1 Å². The summed E-state index contributed by atoms with van der Waals surface area (Å²) in [6.07, 6.45) is 3.27. The van der Waals surface area contributed by atoms with Gasteiger partial charge in [0.05, 0.1) is 22.4 Å². The van der Waals surface area contributed by atoms with E-state index in [1.165, 1.54) is 49.0 Å². The van der Waals surface area contributed by atoms with E-state index < -0.39 is 13.3 Å². The summed E-state index contributed by atoms with van der Waals surface area (Å²) in [7, 11) is 0. The SMILES string of the molecule is CC(C)Cc1cc(-c2[c-]ccc(-c3ccccc3)c2)nc[c]1[Ge]([CH3])([CH3])[CH3].Cc1ccc2c(n1)oc1c(-c3nc4ccccc4n3-c3c(C(C)C)cc(-c4ccccc4)cc3C(C)C)[c-]ccc12.[Ir]. The summed E-state index contributed by atoms with van der Waals surface area (Å²) in [5, 5.41) is 2.02. The van der Waals surface area contributed by atoms with Crippen LogP contribution >= 0.6 is 0 Å². The number of furan rings is 1. The molecule has 68 heavy (non-hydrogen) atoms. The van der Waals surface area contributed by atoms with Crippen LogP contribution in [0.1, 0.15) is 75.8 Å². The van der Waals surface area contributed by atoms with Gasteiger partial charge in [-0.25, -0.2) is 4.98 Å². The maximum atomic E-state index is 6.44. The van der Waals surface area contributed by atoms with E-state index in [0.29, 0.717) is 23.5 Å². The molecule has 0 saturated carbocycles. The zero-order valence-electron chi connectivity index (χ0n) is 40.9. The number of fused-ring (bicyclic) bond motifs is 4. The van der Waals surface area contributed by atoms with Gasteiger partial charge in [-0.3, -0.25) is 4.98 Å². The van der Waals surface area contributed by atoms with Crippen LogP contribution in [0.5, 0.6) is 0 Å². The molecule has 0 atom stereocenters. The fourth-order valence-corrected chi connectivity index (χ4v) is 12.6. The molecule has 0 saturated heterocycles. The number of rotatable bonds is 10. The standard InChI is InChI=1S/C37H32N3O.C24H28GeN.Ir/c1-22(2)30-20-26(25-12-7-6-8-13-25)21-31(23(3)4)34(30)40-33-17-10-9-16-32(33)39-36(40)29-15-11-14-27-28-19-18-24(5)38-37(28)41-35(27)29;1-18(2)14-22-16-24(26-17-23(22)25(3,4)5)21-13-9-12-20(15-21)19-10-7-6-8-11-19;/h6-14,16-23H,1-5H3;6-12,15-18H,14H2,1-5H3;/q2*-1;. The molecule has 10 aromatic rings. The second-order valence-electron chi connectivity index (χ2n) is 19.9. The van der Waals surface area contributed by atoms with Crippen molar-refractivity contribution in [2.75, 3.05) is 0 Å². The predicted octanol–water partition coefficient (Wildman–Crippen LogP) is 16.0. The summed E-state index contributed by atoms with van der Waals surface area (Å²) < 4.78 is 10.3. The van der Waals surface area contributed by atoms with Gasteiger partial charge in [-0.1, -0.05) is 81.1 Å². The number of aromatic nitrogens is 4. The fourth-order valence-electron chi connectivity index (χ4n) is 9.27. The van der Waals surface area contributed by atoms with Gasteiger partial charge in [0.15, 0.2) is 0 Å². The Bertz CT molecular complexity index is 3330. The van der Waals surface area contributed by atoms with Crippen molar-refractivity contribution in [1.82, 2.24) is 19.5 Å². The van der Waals surface area contributed by atoms with Gasteiger partial charge in [0, 0.05) is 36.9 Å². The number of hydrogen-bond donors (Lipinski definition) is 0. The van der Waals surface area contributed by atoms with E-state index in [9.17, 15) is 0 Å². The van der Waals surface area contributed by atoms with Crippen molar-refractivity contribution in [2.45, 2.75) is 84.0 Å². The molecule has 345 valence electrons. The molecule has 0 aliphatic heterocycles. The zero-order chi connectivity index (χ0) is 47.0. The van der Waals surface area contributed by atoms with E-state index >= 15 is 0 Å². The van der Waals surface area contributed by atoms with Crippen LogP contribution in [0, 0.1) is 25.0 Å². The van der Waals surface area contributed by atoms with Crippen molar-refractivity contribution in [3.63, 3.8) is 0 Å². The Kier molecular flexibility index (Phi) is 14.5. The molecule has 5 nitrogen and oxygen atoms in total. The maximum absolute atomic E-state index is 6.44. The van der Waals surface area contributed by atoms with Crippen LogP contribution in [0.25, 0.3) is 83.7 Å². The molecule has 6 aromatic carbocycles. The van der Waals surface area contributed by atoms with Crippen molar-refractivity contribution in [2.24, 2.45) is 5.92 Å². The molecular formula is C61H60GeIrN4O-2. The minimum Gasteiger partial charge on any atom is -0.486 e. The van der Waals surface area contributed by atoms with Crippen molar-refractivity contribution in [3.8, 4) is 50.6 Å². The largest absolute Gasteiger partial charge is 0.486 e. The van der Waals surface area contributed by atoms with E-state index in [2.05, 4.69) is 208 Å². The molecule has 0 fully saturated rings. The third-order valence-electron chi connectivity index (χ3n) is 12.6. The van der Waals surface area contributed by atoms with Crippen LogP contribution in [0.3, 0.4) is 0 Å². The van der Waals surface area contributed by atoms with Crippen molar-refractivity contribution in [1.29, 1.82) is 0 Å². The molecule has 0 spiro atoms. The molecule has 4 aromatic heterocycles. The first-order chi connectivity index (χ1) is 32.2. The average molecular weight is 1130 g/mol. The second kappa shape index (κ2) is 20.4. The van der Waals surface area contributed by atoms with Crippen molar-refractivity contribution in [3.05, 3.63) is 186 Å². The summed E-state index contributed by atoms with van der Waals surface area (Å²) >= 11 is -1.93. The first kappa shape index (κ1) is 48.5. The predicted molar refractivity (Wildman–Crippen MR) is 284 cm³/mol. The normalized spacial score (nSPS) is 11.7. The van der Waals surface area contributed by atoms with Gasteiger partial charge in [-0.05, 0) is 77.4 Å². The number of imidazole rings is 1. The Morgan fingerprint density at radius 2 is 1.26 bits per heavy atom. The summed E-state index contributed by atoms with van der Waals surface area (Å²) in [6, 6.07) is 57.9. The number of aryl methyl sites for hydroxylation is 1. The number of nitrogens with zero attached hydrogens (tertiary/aromatic N) is 4. The molecule has 0 amide bonds. The van der Waals surface area contributed by atoms with Crippen LogP contribution < -0.4 is 4.40 Å². The molecule has 10 rings (SSSR count). The summed E-state index contributed by atoms with van der Waals surface area (Å²) in [4.78, 5) is 14.7. The Hall–Kier alpha value is -5.92. The summed E-state index contributed by atoms with van der Waals surface area (Å²) in [6.45, 7) is 15.7. The van der Waals surface area contributed by atoms with Gasteiger partial charge in [-0.2, -0.15) is 0 Å². The minimum atomic E-state index is -1.93. The van der Waals surface area contributed by atoms with Gasteiger partial charge in [-0.15, -0.1) is 18.2 Å². The van der Waals surface area contributed by atoms with E-state index in [1.807, 2.05) is 31.2 Å². The Morgan fingerprint density at radius 3 is 1.91 bits per heavy atom. The first-order valence-electron chi connectivity index (χ1n) is 23.7. The number of pyridine rings is 2. The van der Waals surface area contributed by atoms with Crippen LogP contribution in [0.15, 0.2) is 156 Å². The molecule has 1 radical (unpaired) electrons. The Balaban J connectivity index is 0.000000201. The molecule has 7 heteroatoms. The molecule has 0 aliphatic rings. The number of hydrogen-bond acceptors (Lipinski definition) is 4. The minimum absolute atomic E-state index is 0. The third-order valence-corrected chi connectivity index (χ3v) is 16.9. The molecular weight excluding hydrogens is 1070 g/mol. The second-order valence-corrected chi connectivity index (χ2v) is 30.4. The molecule has 0 bridgehead atoms. The van der Waals surface area contributed by atoms with Gasteiger partial charge >= 0.3 is 161 Å². The Labute approximate surface area is 418 Å². The molecule has 4 heterocycles. The zero-order valence-corrected chi connectivity index (χ0v) is 45.4. The van der Waals surface area contributed by atoms with Crippen LogP contribution in [0.2, 0.25) is 17.3 Å². The van der Waals surface area contributed by atoms with Gasteiger partial charge in [0.1, 0.15) is 0 Å². The van der Waals surface area contributed by atoms with Gasteiger partial charge < -0.3 is 8.98 Å². The van der Waals surface area contributed by atoms with Crippen LogP contribution in [-0.4, -0.2) is 32.8 Å². The summed E-state index contributed by atoms with van der Waals surface area (Å²) in [5.41, 5.74) is 17.4. The first-order valence-corrected chi connectivity index (χ1v) is 31.1. The Morgan fingerprint density at radius 1 is 0.632 bits per heavy atom. The van der Waals surface area contributed by atoms with E-state index in [1.54, 1.807) is 0 Å². The number of benzene rings is 6. The van der Waals surface area contributed by atoms with Crippen molar-refractivity contribution >= 4 is 50.8 Å². The maximum Gasteiger partial charge on any atom is 0.216 e. The van der Waals surface area contributed by atoms with Crippen molar-refractivity contribution < 1.29 is 24.5 Å². The summed E-state index contributed by atoms with van der Waals surface area (Å²) in [5.74, 6) is 9.39. The van der Waals surface area contributed by atoms with Crippen LogP contribution in [0.4, 0.5) is 0 Å². The molecule has 0 N–H and O–H groups in total. The van der Waals surface area contributed by atoms with Crippen LogP contribution in [-0.2, 0) is 26.5 Å². The van der Waals surface area contributed by atoms with E-state index in [4.69, 9.17) is 14.4 Å². The smallest absolute Gasteiger partial charge is 0.216 e. The monoisotopic (exact) mass is 1130 g/mol. The molecule has 0 unspecified atom stereocenters. The third kappa shape index (κ3) is 9.96.